The second-order valence-electron chi connectivity index (χ2n) is 7.39. The summed E-state index contributed by atoms with van der Waals surface area (Å²) in [4.78, 5) is 0. The molecule has 0 spiro atoms. The van der Waals surface area contributed by atoms with Crippen molar-refractivity contribution in [3.05, 3.63) is 138 Å². The molecule has 0 aromatic heterocycles. The molecule has 0 unspecified atom stereocenters. The van der Waals surface area contributed by atoms with Crippen LogP contribution in [-0.2, 0) is 4.57 Å². The molecule has 1 heterocycles. The third-order valence-corrected chi connectivity index (χ3v) is 8.10. The number of para-hydroxylation sites is 1. The van der Waals surface area contributed by atoms with Crippen molar-refractivity contribution >= 4 is 29.4 Å². The first-order valence-electron chi connectivity index (χ1n) is 10.2. The van der Waals surface area contributed by atoms with Gasteiger partial charge in [-0.15, -0.1) is 0 Å². The number of hydrogen-bond acceptors (Lipinski definition) is 2. The Morgan fingerprint density at radius 3 is 1.74 bits per heavy atom. The van der Waals surface area contributed by atoms with Crippen LogP contribution in [0.5, 0.6) is 5.75 Å². The molecule has 3 heteroatoms. The average Bonchev–Trinajstić information content (AvgIpc) is 2.85. The first-order chi connectivity index (χ1) is 15.2. The van der Waals surface area contributed by atoms with Gasteiger partial charge in [0.15, 0.2) is 7.14 Å². The van der Waals surface area contributed by atoms with Gasteiger partial charge in [0.1, 0.15) is 11.5 Å². The minimum atomic E-state index is -3.09. The summed E-state index contributed by atoms with van der Waals surface area (Å²) in [5.74, 6) is 3.20. The SMILES string of the molecule is O=P(/C=C1/Oc2ccccc2C=C1c1ccccc1)(c1ccccc1)c1ccccc1. The third kappa shape index (κ3) is 3.79. The average molecular weight is 420 g/mol. The van der Waals surface area contributed by atoms with E-state index in [1.807, 2.05) is 121 Å². The summed E-state index contributed by atoms with van der Waals surface area (Å²) in [6.45, 7) is 0. The van der Waals surface area contributed by atoms with E-state index >= 15 is 0 Å². The minimum Gasteiger partial charge on any atom is -0.456 e. The summed E-state index contributed by atoms with van der Waals surface area (Å²) in [6, 6.07) is 37.3. The van der Waals surface area contributed by atoms with E-state index in [4.69, 9.17) is 4.74 Å². The van der Waals surface area contributed by atoms with E-state index in [2.05, 4.69) is 6.08 Å². The van der Waals surface area contributed by atoms with Crippen molar-refractivity contribution in [2.45, 2.75) is 0 Å². The molecule has 4 aromatic carbocycles. The molecule has 1 aliphatic rings. The summed E-state index contributed by atoms with van der Waals surface area (Å²) >= 11 is 0. The Bertz CT molecular complexity index is 1260. The van der Waals surface area contributed by atoms with E-state index in [0.717, 1.165) is 33.1 Å². The molecule has 0 atom stereocenters. The molecule has 0 aliphatic carbocycles. The molecule has 5 rings (SSSR count). The molecule has 31 heavy (non-hydrogen) atoms. The van der Waals surface area contributed by atoms with Crippen LogP contribution in [0.4, 0.5) is 0 Å². The van der Waals surface area contributed by atoms with Crippen LogP contribution in [0.3, 0.4) is 0 Å². The van der Waals surface area contributed by atoms with Gasteiger partial charge < -0.3 is 9.30 Å². The number of benzene rings is 4. The second-order valence-corrected chi connectivity index (χ2v) is 9.99. The van der Waals surface area contributed by atoms with E-state index in [-0.39, 0.29) is 0 Å². The molecule has 0 bridgehead atoms. The van der Waals surface area contributed by atoms with Crippen molar-refractivity contribution in [3.63, 3.8) is 0 Å². The van der Waals surface area contributed by atoms with E-state index in [1.54, 1.807) is 0 Å². The summed E-state index contributed by atoms with van der Waals surface area (Å²) in [6.07, 6.45) is 2.11. The molecule has 150 valence electrons. The normalized spacial score (nSPS) is 14.5. The third-order valence-electron chi connectivity index (χ3n) is 5.37. The quantitative estimate of drug-likeness (QED) is 0.354. The highest BCUT2D eigenvalue weighted by Crippen LogP contribution is 2.49. The van der Waals surface area contributed by atoms with Crippen molar-refractivity contribution in [2.24, 2.45) is 0 Å². The van der Waals surface area contributed by atoms with Crippen LogP contribution < -0.4 is 15.3 Å². The van der Waals surface area contributed by atoms with Gasteiger partial charge in [-0.25, -0.2) is 0 Å². The topological polar surface area (TPSA) is 26.3 Å². The Morgan fingerprint density at radius 2 is 1.13 bits per heavy atom. The zero-order valence-corrected chi connectivity index (χ0v) is 17.8. The molecule has 1 aliphatic heterocycles. The van der Waals surface area contributed by atoms with Gasteiger partial charge in [0, 0.05) is 27.6 Å². The van der Waals surface area contributed by atoms with Crippen LogP contribution in [0, 0.1) is 0 Å². The van der Waals surface area contributed by atoms with E-state index in [0.29, 0.717) is 5.76 Å². The predicted molar refractivity (Wildman–Crippen MR) is 129 cm³/mol. The Kier molecular flexibility index (Phi) is 5.16. The predicted octanol–water partition coefficient (Wildman–Crippen LogP) is 6.48. The van der Waals surface area contributed by atoms with Crippen molar-refractivity contribution in [2.75, 3.05) is 0 Å². The van der Waals surface area contributed by atoms with Gasteiger partial charge in [0.2, 0.25) is 0 Å². The molecule has 0 amide bonds. The number of fused-ring (bicyclic) bond motifs is 1. The van der Waals surface area contributed by atoms with Crippen molar-refractivity contribution in [1.82, 2.24) is 0 Å². The lowest BCUT2D eigenvalue weighted by atomic mass is 9.99. The minimum absolute atomic E-state index is 0.612. The summed E-state index contributed by atoms with van der Waals surface area (Å²) < 4.78 is 20.9. The van der Waals surface area contributed by atoms with Crippen molar-refractivity contribution in [3.8, 4) is 5.75 Å². The van der Waals surface area contributed by atoms with Crippen LogP contribution >= 0.6 is 7.14 Å². The highest BCUT2D eigenvalue weighted by molar-refractivity contribution is 7.81. The Balaban J connectivity index is 1.74. The van der Waals surface area contributed by atoms with Crippen molar-refractivity contribution in [1.29, 1.82) is 0 Å². The molecular formula is C28H21O2P. The smallest absolute Gasteiger partial charge is 0.167 e. The van der Waals surface area contributed by atoms with E-state index in [9.17, 15) is 4.57 Å². The lowest BCUT2D eigenvalue weighted by Gasteiger charge is -2.23. The Labute approximate surface area is 182 Å². The van der Waals surface area contributed by atoms with Gasteiger partial charge in [0.25, 0.3) is 0 Å². The first kappa shape index (κ1) is 19.4. The van der Waals surface area contributed by atoms with Crippen molar-refractivity contribution < 1.29 is 9.30 Å². The standard InChI is InChI=1S/C28H21O2P/c29-31(24-15-6-2-7-16-24,25-17-8-3-9-18-25)21-28-26(22-12-4-1-5-13-22)20-23-14-10-11-19-27(23)30-28/h1-21H/b28-21+. The molecule has 0 N–H and O–H groups in total. The fourth-order valence-corrected chi connectivity index (χ4v) is 6.14. The van der Waals surface area contributed by atoms with E-state index < -0.39 is 7.14 Å². The molecule has 0 saturated heterocycles. The van der Waals surface area contributed by atoms with Crippen LogP contribution in [0.25, 0.3) is 11.6 Å². The maximum atomic E-state index is 14.6. The molecule has 0 radical (unpaired) electrons. The largest absolute Gasteiger partial charge is 0.456 e. The number of ether oxygens (including phenoxy) is 1. The zero-order chi connectivity index (χ0) is 21.1. The molecule has 0 fully saturated rings. The second kappa shape index (κ2) is 8.26. The maximum absolute atomic E-state index is 14.6. The van der Waals surface area contributed by atoms with Gasteiger partial charge in [-0.1, -0.05) is 109 Å². The molecule has 2 nitrogen and oxygen atoms in total. The fourth-order valence-electron chi connectivity index (χ4n) is 3.79. The fraction of sp³-hybridized carbons (Fsp3) is 0. The Morgan fingerprint density at radius 1 is 0.613 bits per heavy atom. The summed E-state index contributed by atoms with van der Waals surface area (Å²) in [5, 5.41) is 1.56. The zero-order valence-electron chi connectivity index (χ0n) is 16.9. The maximum Gasteiger partial charge on any atom is 0.167 e. The molecule has 0 saturated carbocycles. The molecule has 4 aromatic rings. The Hall–Kier alpha value is -3.61. The molecular weight excluding hydrogens is 399 g/mol. The summed E-state index contributed by atoms with van der Waals surface area (Å²) in [7, 11) is -3.09. The lowest BCUT2D eigenvalue weighted by Crippen LogP contribution is -2.16. The number of hydrogen-bond donors (Lipinski definition) is 0. The van der Waals surface area contributed by atoms with Gasteiger partial charge in [-0.3, -0.25) is 0 Å². The monoisotopic (exact) mass is 420 g/mol. The first-order valence-corrected chi connectivity index (χ1v) is 12.0. The lowest BCUT2D eigenvalue weighted by molar-refractivity contribution is 0.446. The van der Waals surface area contributed by atoms with Crippen LogP contribution in [0.15, 0.2) is 127 Å². The highest BCUT2D eigenvalue weighted by atomic mass is 31.2. The van der Waals surface area contributed by atoms with Gasteiger partial charge in [-0.05, 0) is 17.7 Å². The summed E-state index contributed by atoms with van der Waals surface area (Å²) in [5.41, 5.74) is 2.95. The van der Waals surface area contributed by atoms with E-state index in [1.165, 1.54) is 0 Å². The van der Waals surface area contributed by atoms with Gasteiger partial charge in [-0.2, -0.15) is 0 Å². The van der Waals surface area contributed by atoms with Gasteiger partial charge in [0.05, 0.1) is 0 Å². The van der Waals surface area contributed by atoms with Crippen LogP contribution in [0.1, 0.15) is 11.1 Å². The number of allylic oxidation sites excluding steroid dienone is 1. The van der Waals surface area contributed by atoms with Gasteiger partial charge >= 0.3 is 0 Å². The van der Waals surface area contributed by atoms with Crippen LogP contribution in [-0.4, -0.2) is 0 Å². The number of rotatable bonds is 4. The highest BCUT2D eigenvalue weighted by Gasteiger charge is 2.29. The van der Waals surface area contributed by atoms with Crippen LogP contribution in [0.2, 0.25) is 0 Å².